The number of nitrogens with one attached hydrogen (secondary N) is 4. The van der Waals surface area contributed by atoms with Crippen molar-refractivity contribution < 1.29 is 34.8 Å². The molecule has 0 spiro atoms. The summed E-state index contributed by atoms with van der Waals surface area (Å²) >= 11 is 0. The maximum Gasteiger partial charge on any atom is 0.339 e. The van der Waals surface area contributed by atoms with E-state index in [1.165, 1.54) is 48.5 Å². The van der Waals surface area contributed by atoms with Crippen molar-refractivity contribution >= 4 is 55.0 Å². The molecule has 0 fully saturated rings. The summed E-state index contributed by atoms with van der Waals surface area (Å²) in [5, 5.41) is 10.7. The molecule has 4 amide bonds. The van der Waals surface area contributed by atoms with Crippen LogP contribution in [0.25, 0.3) is 0 Å². The number of carbonyl (C=O) groups excluding carboxylic acids is 2. The molecule has 0 saturated heterocycles. The normalized spacial score (nSPS) is 11.2. The van der Waals surface area contributed by atoms with Gasteiger partial charge in [0.25, 0.3) is 0 Å². The fraction of sp³-hybridized carbons (Fsp3) is 0.0857. The van der Waals surface area contributed by atoms with Crippen LogP contribution in [0, 0.1) is 20.8 Å². The molecule has 14 heteroatoms. The van der Waals surface area contributed by atoms with Gasteiger partial charge in [0.05, 0.1) is 0 Å². The molecule has 49 heavy (non-hydrogen) atoms. The molecular weight excluding hydrogens is 669 g/mol. The van der Waals surface area contributed by atoms with E-state index in [1.807, 2.05) is 0 Å². The molecule has 0 aliphatic rings. The van der Waals surface area contributed by atoms with Crippen LogP contribution in [0.5, 0.6) is 11.5 Å². The van der Waals surface area contributed by atoms with Crippen molar-refractivity contribution in [3.05, 3.63) is 132 Å². The van der Waals surface area contributed by atoms with Gasteiger partial charge in [-0.2, -0.15) is 16.8 Å². The Kier molecular flexibility index (Phi) is 10.2. The van der Waals surface area contributed by atoms with Crippen LogP contribution in [0.3, 0.4) is 0 Å². The predicted octanol–water partition coefficient (Wildman–Crippen LogP) is 7.44. The third kappa shape index (κ3) is 8.94. The number of benzene rings is 5. The molecule has 0 bridgehead atoms. The second-order valence-electron chi connectivity index (χ2n) is 10.8. The van der Waals surface area contributed by atoms with Crippen LogP contribution in [0.4, 0.5) is 32.3 Å². The topological polar surface area (TPSA) is 169 Å². The molecule has 0 atom stereocenters. The van der Waals surface area contributed by atoms with E-state index in [9.17, 15) is 26.4 Å². The standard InChI is InChI=1S/C35H32N4O8S2/c1-23-18-19-28(38-34(40)36-26-12-8-14-29(20-26)46-48(42,43)32-16-6-4-10-24(32)2)22-31(23)39-35(41)37-27-13-9-15-30(21-27)47-49(44,45)33-17-7-5-11-25(33)3/h4-22H,1-3H3,(H2,36,38,40)(H2,37,39,41). The van der Waals surface area contributed by atoms with E-state index in [2.05, 4.69) is 21.3 Å². The molecule has 5 rings (SSSR count). The monoisotopic (exact) mass is 700 g/mol. The van der Waals surface area contributed by atoms with Crippen molar-refractivity contribution in [3.63, 3.8) is 0 Å². The first-order chi connectivity index (χ1) is 23.3. The zero-order valence-electron chi connectivity index (χ0n) is 26.6. The molecule has 12 nitrogen and oxygen atoms in total. The van der Waals surface area contributed by atoms with Gasteiger partial charge in [-0.1, -0.05) is 54.6 Å². The maximum absolute atomic E-state index is 12.9. The van der Waals surface area contributed by atoms with Gasteiger partial charge in [0.1, 0.15) is 21.3 Å². The van der Waals surface area contributed by atoms with Crippen molar-refractivity contribution in [2.24, 2.45) is 0 Å². The number of urea groups is 2. The minimum atomic E-state index is -4.10. The third-order valence-corrected chi connectivity index (χ3v) is 9.88. The molecular formula is C35H32N4O8S2. The summed E-state index contributed by atoms with van der Waals surface area (Å²) in [7, 11) is -8.19. The van der Waals surface area contributed by atoms with Gasteiger partial charge in [-0.3, -0.25) is 0 Å². The van der Waals surface area contributed by atoms with Gasteiger partial charge in [0.15, 0.2) is 0 Å². The highest BCUT2D eigenvalue weighted by atomic mass is 32.2. The molecule has 0 aliphatic carbocycles. The Balaban J connectivity index is 1.20. The average Bonchev–Trinajstić information content (AvgIpc) is 3.03. The Labute approximate surface area is 284 Å². The Morgan fingerprint density at radius 1 is 0.469 bits per heavy atom. The van der Waals surface area contributed by atoms with E-state index in [0.717, 1.165) is 0 Å². The van der Waals surface area contributed by atoms with Crippen molar-refractivity contribution in [1.29, 1.82) is 0 Å². The van der Waals surface area contributed by atoms with E-state index >= 15 is 0 Å². The summed E-state index contributed by atoms with van der Waals surface area (Å²) < 4.78 is 61.7. The number of amides is 4. The zero-order chi connectivity index (χ0) is 35.2. The van der Waals surface area contributed by atoms with E-state index < -0.39 is 32.3 Å². The number of rotatable bonds is 10. The van der Waals surface area contributed by atoms with Gasteiger partial charge in [0, 0.05) is 34.9 Å². The molecule has 0 heterocycles. The molecule has 0 aliphatic heterocycles. The Hall–Kier alpha value is -5.86. The Morgan fingerprint density at radius 2 is 0.898 bits per heavy atom. The highest BCUT2D eigenvalue weighted by molar-refractivity contribution is 7.87. The number of hydrogen-bond acceptors (Lipinski definition) is 8. The van der Waals surface area contributed by atoms with Crippen molar-refractivity contribution in [2.45, 2.75) is 30.6 Å². The Morgan fingerprint density at radius 3 is 1.37 bits per heavy atom. The average molecular weight is 701 g/mol. The van der Waals surface area contributed by atoms with Gasteiger partial charge in [0.2, 0.25) is 0 Å². The molecule has 5 aromatic carbocycles. The van der Waals surface area contributed by atoms with E-state index in [1.54, 1.807) is 87.5 Å². The first kappa shape index (κ1) is 34.5. The van der Waals surface area contributed by atoms with Gasteiger partial charge >= 0.3 is 32.3 Å². The molecule has 0 unspecified atom stereocenters. The lowest BCUT2D eigenvalue weighted by molar-refractivity contribution is 0.261. The third-order valence-electron chi connectivity index (χ3n) is 7.07. The fourth-order valence-electron chi connectivity index (χ4n) is 4.68. The number of anilines is 4. The van der Waals surface area contributed by atoms with Crippen molar-refractivity contribution in [1.82, 2.24) is 0 Å². The zero-order valence-corrected chi connectivity index (χ0v) is 28.2. The summed E-state index contributed by atoms with van der Waals surface area (Å²) in [6.07, 6.45) is 0. The number of carbonyl (C=O) groups is 2. The van der Waals surface area contributed by atoms with Gasteiger partial charge in [-0.25, -0.2) is 9.59 Å². The summed E-state index contributed by atoms with van der Waals surface area (Å²) in [5.41, 5.74) is 3.06. The first-order valence-electron chi connectivity index (χ1n) is 14.8. The SMILES string of the molecule is Cc1ccc(NC(=O)Nc2cccc(OS(=O)(=O)c3ccccc3C)c2)cc1NC(=O)Nc1cccc(OS(=O)(=O)c2ccccc2C)c1. The van der Waals surface area contributed by atoms with E-state index in [0.29, 0.717) is 28.1 Å². The van der Waals surface area contributed by atoms with Crippen molar-refractivity contribution in [3.8, 4) is 11.5 Å². The van der Waals surface area contributed by atoms with E-state index in [-0.39, 0.29) is 32.7 Å². The number of hydrogen-bond donors (Lipinski definition) is 4. The summed E-state index contributed by atoms with van der Waals surface area (Å²) in [6, 6.07) is 28.4. The second kappa shape index (κ2) is 14.5. The molecule has 252 valence electrons. The maximum atomic E-state index is 12.9. The molecule has 0 aromatic heterocycles. The van der Waals surface area contributed by atoms with E-state index in [4.69, 9.17) is 8.37 Å². The summed E-state index contributed by atoms with van der Waals surface area (Å²) in [4.78, 5) is 25.8. The van der Waals surface area contributed by atoms with Gasteiger partial charge < -0.3 is 29.6 Å². The molecule has 4 N–H and O–H groups in total. The van der Waals surface area contributed by atoms with Crippen LogP contribution in [-0.2, 0) is 20.2 Å². The minimum Gasteiger partial charge on any atom is -0.379 e. The van der Waals surface area contributed by atoms with Crippen LogP contribution < -0.4 is 29.6 Å². The van der Waals surface area contributed by atoms with Crippen LogP contribution in [0.2, 0.25) is 0 Å². The highest BCUT2D eigenvalue weighted by Gasteiger charge is 2.20. The largest absolute Gasteiger partial charge is 0.379 e. The van der Waals surface area contributed by atoms with Crippen molar-refractivity contribution in [2.75, 3.05) is 21.3 Å². The quantitative estimate of drug-likeness (QED) is 0.109. The number of aryl methyl sites for hydroxylation is 3. The lowest BCUT2D eigenvalue weighted by Crippen LogP contribution is -2.21. The molecule has 5 aromatic rings. The van der Waals surface area contributed by atoms with Crippen LogP contribution in [0.15, 0.2) is 125 Å². The van der Waals surface area contributed by atoms with Crippen LogP contribution in [0.1, 0.15) is 16.7 Å². The first-order valence-corrected chi connectivity index (χ1v) is 17.6. The van der Waals surface area contributed by atoms with Crippen LogP contribution in [-0.4, -0.2) is 28.9 Å². The predicted molar refractivity (Wildman–Crippen MR) is 187 cm³/mol. The van der Waals surface area contributed by atoms with Gasteiger partial charge in [-0.05, 0) is 86.0 Å². The van der Waals surface area contributed by atoms with Gasteiger partial charge in [-0.15, -0.1) is 0 Å². The summed E-state index contributed by atoms with van der Waals surface area (Å²) in [5.74, 6) is 0.0263. The second-order valence-corrected chi connectivity index (χ2v) is 13.9. The lowest BCUT2D eigenvalue weighted by atomic mass is 10.2. The lowest BCUT2D eigenvalue weighted by Gasteiger charge is -2.14. The molecule has 0 saturated carbocycles. The smallest absolute Gasteiger partial charge is 0.339 e. The fourth-order valence-corrected chi connectivity index (χ4v) is 6.99. The summed E-state index contributed by atoms with van der Waals surface area (Å²) in [6.45, 7) is 5.09. The minimum absolute atomic E-state index is 0.0129. The van der Waals surface area contributed by atoms with Crippen LogP contribution >= 0.6 is 0 Å². The Bertz CT molecular complexity index is 2260. The highest BCUT2D eigenvalue weighted by Crippen LogP contribution is 2.26. The molecule has 0 radical (unpaired) electrons.